The van der Waals surface area contributed by atoms with Gasteiger partial charge in [-0.15, -0.1) is 11.8 Å². The molecular weight excluding hydrogens is 681 g/mol. The summed E-state index contributed by atoms with van der Waals surface area (Å²) in [5, 5.41) is 19.2. The van der Waals surface area contributed by atoms with Gasteiger partial charge in [-0.2, -0.15) is 0 Å². The Hall–Kier alpha value is -6.66. The zero-order valence-corrected chi connectivity index (χ0v) is 28.4. The number of nitro groups is 1. The van der Waals surface area contributed by atoms with Crippen LogP contribution in [0, 0.1) is 10.1 Å². The Morgan fingerprint density at radius 2 is 1.42 bits per heavy atom. The zero-order chi connectivity index (χ0) is 36.8. The summed E-state index contributed by atoms with van der Waals surface area (Å²) in [7, 11) is 0. The highest BCUT2D eigenvalue weighted by Crippen LogP contribution is 2.34. The van der Waals surface area contributed by atoms with Crippen LogP contribution in [0.2, 0.25) is 0 Å². The molecule has 0 saturated carbocycles. The van der Waals surface area contributed by atoms with Crippen molar-refractivity contribution in [1.82, 2.24) is 5.32 Å². The standard InChI is InChI=1S/C40H30N4O7S/c1-2-34(40(49)42-31-20-11-19-30-35(31)37(46)29-18-8-7-17-28(29)36(30)45)52-27-16-10-15-26(23-27)41-39(48)32(43-38(47)24-12-4-3-5-13-24)22-25-14-6-9-21-33(25)44(50)51/h3-23,34H,2H2,1H3,(H,41,48)(H,42,49)(H,43,47)/b32-22+. The number of amides is 3. The second-order valence-electron chi connectivity index (χ2n) is 11.6. The summed E-state index contributed by atoms with van der Waals surface area (Å²) < 4.78 is 0. The van der Waals surface area contributed by atoms with Crippen molar-refractivity contribution < 1.29 is 28.9 Å². The summed E-state index contributed by atoms with van der Waals surface area (Å²) in [6.45, 7) is 1.84. The lowest BCUT2D eigenvalue weighted by atomic mass is 9.83. The van der Waals surface area contributed by atoms with Crippen LogP contribution in [0.5, 0.6) is 0 Å². The quantitative estimate of drug-likeness (QED) is 0.0546. The Morgan fingerprint density at radius 3 is 2.15 bits per heavy atom. The van der Waals surface area contributed by atoms with E-state index in [-0.39, 0.29) is 62.4 Å². The summed E-state index contributed by atoms with van der Waals surface area (Å²) in [6.07, 6.45) is 1.65. The van der Waals surface area contributed by atoms with Crippen molar-refractivity contribution >= 4 is 64.2 Å². The average Bonchev–Trinajstić information content (AvgIpc) is 3.16. The highest BCUT2D eigenvalue weighted by atomic mass is 32.2. The van der Waals surface area contributed by atoms with Crippen LogP contribution in [0.4, 0.5) is 17.1 Å². The van der Waals surface area contributed by atoms with E-state index < -0.39 is 22.0 Å². The van der Waals surface area contributed by atoms with E-state index >= 15 is 0 Å². The van der Waals surface area contributed by atoms with Gasteiger partial charge < -0.3 is 16.0 Å². The third kappa shape index (κ3) is 7.57. The van der Waals surface area contributed by atoms with Gasteiger partial charge in [-0.05, 0) is 55.0 Å². The van der Waals surface area contributed by atoms with Gasteiger partial charge in [0.2, 0.25) is 5.91 Å². The topological polar surface area (TPSA) is 165 Å². The van der Waals surface area contributed by atoms with E-state index in [1.54, 1.807) is 103 Å². The van der Waals surface area contributed by atoms with Crippen molar-refractivity contribution in [3.05, 3.63) is 171 Å². The van der Waals surface area contributed by atoms with E-state index in [4.69, 9.17) is 0 Å². The number of nitrogens with zero attached hydrogens (tertiary/aromatic N) is 1. The van der Waals surface area contributed by atoms with Crippen molar-refractivity contribution in [1.29, 1.82) is 0 Å². The number of benzene rings is 5. The first kappa shape index (κ1) is 35.2. The Kier molecular flexibility index (Phi) is 10.5. The van der Waals surface area contributed by atoms with Gasteiger partial charge in [-0.3, -0.25) is 34.1 Å². The zero-order valence-electron chi connectivity index (χ0n) is 27.6. The molecule has 0 aromatic heterocycles. The fourth-order valence-corrected chi connectivity index (χ4v) is 6.68. The maximum absolute atomic E-state index is 13.6. The van der Waals surface area contributed by atoms with Crippen LogP contribution >= 0.6 is 11.8 Å². The molecule has 0 saturated heterocycles. The number of hydrogen-bond donors (Lipinski definition) is 3. The minimum Gasteiger partial charge on any atom is -0.324 e. The van der Waals surface area contributed by atoms with Crippen molar-refractivity contribution in [2.75, 3.05) is 10.6 Å². The monoisotopic (exact) mass is 710 g/mol. The van der Waals surface area contributed by atoms with Gasteiger partial charge in [0.1, 0.15) is 5.70 Å². The molecule has 0 aliphatic heterocycles. The highest BCUT2D eigenvalue weighted by molar-refractivity contribution is 8.00. The van der Waals surface area contributed by atoms with Crippen LogP contribution < -0.4 is 16.0 Å². The third-order valence-corrected chi connectivity index (χ3v) is 9.56. The largest absolute Gasteiger partial charge is 0.324 e. The van der Waals surface area contributed by atoms with Crippen molar-refractivity contribution in [3.8, 4) is 0 Å². The summed E-state index contributed by atoms with van der Waals surface area (Å²) in [5.74, 6) is -2.34. The molecule has 0 radical (unpaired) electrons. The molecule has 1 atom stereocenters. The number of fused-ring (bicyclic) bond motifs is 2. The smallest absolute Gasteiger partial charge is 0.276 e. The van der Waals surface area contributed by atoms with E-state index in [2.05, 4.69) is 16.0 Å². The Bertz CT molecular complexity index is 2290. The van der Waals surface area contributed by atoms with Crippen LogP contribution in [-0.4, -0.2) is 39.5 Å². The van der Waals surface area contributed by atoms with Gasteiger partial charge in [0, 0.05) is 38.9 Å². The van der Waals surface area contributed by atoms with Crippen molar-refractivity contribution in [2.45, 2.75) is 23.5 Å². The van der Waals surface area contributed by atoms with E-state index in [1.807, 2.05) is 6.92 Å². The van der Waals surface area contributed by atoms with Gasteiger partial charge in [0.05, 0.1) is 27.0 Å². The Balaban J connectivity index is 1.20. The second-order valence-corrected chi connectivity index (χ2v) is 12.9. The summed E-state index contributed by atoms with van der Waals surface area (Å²) >= 11 is 1.23. The number of ketones is 2. The normalized spacial score (nSPS) is 12.6. The molecule has 11 nitrogen and oxygen atoms in total. The van der Waals surface area contributed by atoms with Gasteiger partial charge in [-0.25, -0.2) is 0 Å². The summed E-state index contributed by atoms with van der Waals surface area (Å²) in [6, 6.07) is 32.1. The molecule has 258 valence electrons. The van der Waals surface area contributed by atoms with Crippen LogP contribution in [-0.2, 0) is 9.59 Å². The molecule has 0 bridgehead atoms. The van der Waals surface area contributed by atoms with E-state index in [9.17, 15) is 34.1 Å². The molecule has 5 aromatic carbocycles. The molecule has 0 spiro atoms. The van der Waals surface area contributed by atoms with Gasteiger partial charge in [0.15, 0.2) is 11.6 Å². The number of nitro benzene ring substituents is 1. The second kappa shape index (κ2) is 15.5. The molecule has 0 heterocycles. The van der Waals surface area contributed by atoms with E-state index in [0.29, 0.717) is 22.6 Å². The molecule has 1 aliphatic rings. The molecule has 0 fully saturated rings. The number of para-hydroxylation sites is 1. The maximum atomic E-state index is 13.6. The van der Waals surface area contributed by atoms with Crippen LogP contribution in [0.3, 0.4) is 0 Å². The lowest BCUT2D eigenvalue weighted by Crippen LogP contribution is -2.30. The number of carbonyl (C=O) groups excluding carboxylic acids is 5. The number of carbonyl (C=O) groups is 5. The van der Waals surface area contributed by atoms with Gasteiger partial charge in [-0.1, -0.05) is 79.7 Å². The lowest BCUT2D eigenvalue weighted by Gasteiger charge is -2.21. The summed E-state index contributed by atoms with van der Waals surface area (Å²) in [4.78, 5) is 78.6. The number of nitrogens with one attached hydrogen (secondary N) is 3. The molecule has 12 heteroatoms. The molecule has 5 aromatic rings. The molecule has 6 rings (SSSR count). The first-order valence-electron chi connectivity index (χ1n) is 16.2. The van der Waals surface area contributed by atoms with Crippen molar-refractivity contribution in [3.63, 3.8) is 0 Å². The molecule has 52 heavy (non-hydrogen) atoms. The fraction of sp³-hybridized carbons (Fsp3) is 0.0750. The first-order chi connectivity index (χ1) is 25.1. The number of anilines is 2. The molecule has 1 aliphatic carbocycles. The summed E-state index contributed by atoms with van der Waals surface area (Å²) in [5.41, 5.74) is 1.47. The Labute approximate surface area is 302 Å². The maximum Gasteiger partial charge on any atom is 0.276 e. The minimum absolute atomic E-state index is 0.113. The van der Waals surface area contributed by atoms with Crippen molar-refractivity contribution in [2.24, 2.45) is 0 Å². The minimum atomic E-state index is -0.732. The fourth-order valence-electron chi connectivity index (χ4n) is 5.67. The van der Waals surface area contributed by atoms with Crippen LogP contribution in [0.25, 0.3) is 6.08 Å². The molecule has 3 amide bonds. The van der Waals surface area contributed by atoms with E-state index in [0.717, 1.165) is 0 Å². The predicted molar refractivity (Wildman–Crippen MR) is 198 cm³/mol. The number of thioether (sulfide) groups is 1. The van der Waals surface area contributed by atoms with Crippen LogP contribution in [0.15, 0.2) is 132 Å². The molecular formula is C40H30N4O7S. The molecule has 1 unspecified atom stereocenters. The SMILES string of the molecule is CCC(Sc1cccc(NC(=O)/C(=C\c2ccccc2[N+](=O)[O-])NC(=O)c2ccccc2)c1)C(=O)Nc1cccc2c1C(=O)c1ccccc1C2=O. The van der Waals surface area contributed by atoms with Gasteiger partial charge in [0.25, 0.3) is 17.5 Å². The average molecular weight is 711 g/mol. The third-order valence-electron chi connectivity index (χ3n) is 8.21. The predicted octanol–water partition coefficient (Wildman–Crippen LogP) is 7.29. The van der Waals surface area contributed by atoms with Crippen LogP contribution in [0.1, 0.15) is 61.1 Å². The van der Waals surface area contributed by atoms with E-state index in [1.165, 1.54) is 36.0 Å². The number of rotatable bonds is 11. The Morgan fingerprint density at radius 1 is 0.769 bits per heavy atom. The number of hydrogen-bond acceptors (Lipinski definition) is 8. The molecule has 3 N–H and O–H groups in total. The lowest BCUT2D eigenvalue weighted by molar-refractivity contribution is -0.385. The first-order valence-corrected chi connectivity index (χ1v) is 17.0. The van der Waals surface area contributed by atoms with Gasteiger partial charge >= 0.3 is 0 Å². The highest BCUT2D eigenvalue weighted by Gasteiger charge is 2.32.